The molecule has 5 rings (SSSR count). The average Bonchev–Trinajstić information content (AvgIpc) is 2.84. The minimum atomic E-state index is -0.385. The monoisotopic (exact) mass is 424 g/mol. The first-order chi connectivity index (χ1) is 15.2. The van der Waals surface area contributed by atoms with E-state index in [1.807, 2.05) is 41.1 Å². The van der Waals surface area contributed by atoms with Crippen LogP contribution in [0.5, 0.6) is 0 Å². The SMILES string of the molecule is O=[N+]([O-])c1ccc(C2=N[n+]3c(cc(-c4ccccc4)cc3-c3ccccc3)SC2)cc1. The number of hydrogen-bond acceptors (Lipinski definition) is 4. The van der Waals surface area contributed by atoms with Gasteiger partial charge in [0.25, 0.3) is 10.7 Å². The lowest BCUT2D eigenvalue weighted by Gasteiger charge is -2.13. The molecule has 1 aromatic heterocycles. The van der Waals surface area contributed by atoms with Crippen LogP contribution in [0.25, 0.3) is 22.4 Å². The van der Waals surface area contributed by atoms with Crippen LogP contribution in [0.4, 0.5) is 5.69 Å². The molecule has 3 aromatic carbocycles. The second-order valence-electron chi connectivity index (χ2n) is 7.15. The fraction of sp³-hybridized carbons (Fsp3) is 0.0400. The van der Waals surface area contributed by atoms with Crippen molar-refractivity contribution < 1.29 is 9.60 Å². The van der Waals surface area contributed by atoms with Crippen LogP contribution in [-0.4, -0.2) is 16.4 Å². The normalized spacial score (nSPS) is 12.7. The number of pyridine rings is 1. The number of aromatic nitrogens is 1. The Balaban J connectivity index is 1.65. The molecule has 4 aromatic rings. The molecule has 31 heavy (non-hydrogen) atoms. The molecule has 0 saturated carbocycles. The molecule has 0 atom stereocenters. The highest BCUT2D eigenvalue weighted by Gasteiger charge is 2.28. The fourth-order valence-corrected chi connectivity index (χ4v) is 4.57. The molecular formula is C25H18N3O2S+. The molecule has 2 heterocycles. The van der Waals surface area contributed by atoms with E-state index in [0.29, 0.717) is 5.75 Å². The Hall–Kier alpha value is -3.77. The largest absolute Gasteiger partial charge is 0.273 e. The molecule has 0 spiro atoms. The van der Waals surface area contributed by atoms with Crippen LogP contribution in [0.15, 0.2) is 107 Å². The Bertz CT molecular complexity index is 1290. The molecule has 0 saturated heterocycles. The summed E-state index contributed by atoms with van der Waals surface area (Å²) in [4.78, 5) is 10.6. The second kappa shape index (κ2) is 8.16. The number of nitro groups is 1. The van der Waals surface area contributed by atoms with Gasteiger partial charge in [-0.05, 0) is 51.8 Å². The maximum atomic E-state index is 11.0. The van der Waals surface area contributed by atoms with Gasteiger partial charge in [-0.25, -0.2) is 0 Å². The molecule has 0 unspecified atom stereocenters. The van der Waals surface area contributed by atoms with Crippen LogP contribution in [0.2, 0.25) is 0 Å². The smallest absolute Gasteiger partial charge is 0.258 e. The molecule has 0 bridgehead atoms. The van der Waals surface area contributed by atoms with E-state index in [9.17, 15) is 10.1 Å². The molecular weight excluding hydrogens is 406 g/mol. The molecule has 1 aliphatic heterocycles. The summed E-state index contributed by atoms with van der Waals surface area (Å²) in [5.41, 5.74) is 6.25. The third kappa shape index (κ3) is 3.85. The lowest BCUT2D eigenvalue weighted by Crippen LogP contribution is -2.38. The van der Waals surface area contributed by atoms with Gasteiger partial charge < -0.3 is 0 Å². The van der Waals surface area contributed by atoms with Gasteiger partial charge in [0.15, 0.2) is 0 Å². The van der Waals surface area contributed by atoms with Crippen LogP contribution in [0.1, 0.15) is 5.56 Å². The quantitative estimate of drug-likeness (QED) is 0.244. The van der Waals surface area contributed by atoms with Crippen molar-refractivity contribution in [3.8, 4) is 22.4 Å². The van der Waals surface area contributed by atoms with Crippen molar-refractivity contribution in [1.82, 2.24) is 0 Å². The maximum absolute atomic E-state index is 11.0. The lowest BCUT2D eigenvalue weighted by atomic mass is 10.0. The summed E-state index contributed by atoms with van der Waals surface area (Å²) in [7, 11) is 0. The molecule has 6 heteroatoms. The predicted octanol–water partition coefficient (Wildman–Crippen LogP) is 5.57. The van der Waals surface area contributed by atoms with E-state index in [0.717, 1.165) is 38.7 Å². The van der Waals surface area contributed by atoms with Crippen molar-refractivity contribution in [3.63, 3.8) is 0 Å². The van der Waals surface area contributed by atoms with Crippen LogP contribution in [-0.2, 0) is 0 Å². The molecule has 5 nitrogen and oxygen atoms in total. The fourth-order valence-electron chi connectivity index (χ4n) is 3.59. The zero-order valence-corrected chi connectivity index (χ0v) is 17.3. The Kier molecular flexibility index (Phi) is 5.06. The molecule has 150 valence electrons. The maximum Gasteiger partial charge on any atom is 0.273 e. The molecule has 0 N–H and O–H groups in total. The Morgan fingerprint density at radius 2 is 1.42 bits per heavy atom. The van der Waals surface area contributed by atoms with E-state index in [4.69, 9.17) is 5.10 Å². The minimum Gasteiger partial charge on any atom is -0.258 e. The van der Waals surface area contributed by atoms with Crippen LogP contribution in [0, 0.1) is 10.1 Å². The first-order valence-electron chi connectivity index (χ1n) is 9.85. The van der Waals surface area contributed by atoms with E-state index in [-0.39, 0.29) is 10.6 Å². The molecule has 0 aliphatic carbocycles. The molecule has 0 radical (unpaired) electrons. The summed E-state index contributed by atoms with van der Waals surface area (Å²) in [5.74, 6) is 0.699. The molecule has 0 fully saturated rings. The third-order valence-corrected chi connectivity index (χ3v) is 6.18. The predicted molar refractivity (Wildman–Crippen MR) is 123 cm³/mol. The standard InChI is InChI=1S/C25H18N3O2S/c29-28(30)22-13-11-19(12-14-22)23-17-31-25-16-21(18-7-3-1-4-8-18)15-24(27(25)26-23)20-9-5-2-6-10-20/h1-16H,17H2/q+1. The van der Waals surface area contributed by atoms with Gasteiger partial charge in [-0.15, -0.1) is 0 Å². The van der Waals surface area contributed by atoms with Gasteiger partial charge in [0.2, 0.25) is 5.69 Å². The van der Waals surface area contributed by atoms with Crippen molar-refractivity contribution in [3.05, 3.63) is 113 Å². The van der Waals surface area contributed by atoms with E-state index < -0.39 is 0 Å². The highest BCUT2D eigenvalue weighted by molar-refractivity contribution is 7.99. The van der Waals surface area contributed by atoms with Gasteiger partial charge in [0, 0.05) is 40.5 Å². The Morgan fingerprint density at radius 3 is 2.06 bits per heavy atom. The van der Waals surface area contributed by atoms with Gasteiger partial charge in [0.1, 0.15) is 5.71 Å². The van der Waals surface area contributed by atoms with Crippen molar-refractivity contribution >= 4 is 23.2 Å². The highest BCUT2D eigenvalue weighted by Crippen LogP contribution is 2.31. The average molecular weight is 425 g/mol. The summed E-state index contributed by atoms with van der Waals surface area (Å²) in [6.45, 7) is 0. The van der Waals surface area contributed by atoms with Crippen molar-refractivity contribution in [1.29, 1.82) is 0 Å². The molecule has 1 aliphatic rings. The van der Waals surface area contributed by atoms with E-state index >= 15 is 0 Å². The Morgan fingerprint density at radius 1 is 0.774 bits per heavy atom. The number of hydrogen-bond donors (Lipinski definition) is 0. The number of thioether (sulfide) groups is 1. The number of non-ortho nitro benzene ring substituents is 1. The van der Waals surface area contributed by atoms with Gasteiger partial charge in [-0.3, -0.25) is 10.1 Å². The van der Waals surface area contributed by atoms with E-state index in [1.165, 1.54) is 12.1 Å². The van der Waals surface area contributed by atoms with Crippen molar-refractivity contribution in [2.24, 2.45) is 5.10 Å². The number of fused-ring (bicyclic) bond motifs is 1. The van der Waals surface area contributed by atoms with Gasteiger partial charge in [0.05, 0.1) is 10.7 Å². The topological polar surface area (TPSA) is 59.4 Å². The number of benzene rings is 3. The summed E-state index contributed by atoms with van der Waals surface area (Å²) in [6.07, 6.45) is 0. The third-order valence-electron chi connectivity index (χ3n) is 5.17. The molecule has 0 amide bonds. The van der Waals surface area contributed by atoms with Gasteiger partial charge in [-0.1, -0.05) is 48.5 Å². The van der Waals surface area contributed by atoms with Gasteiger partial charge >= 0.3 is 0 Å². The zero-order chi connectivity index (χ0) is 21.2. The van der Waals surface area contributed by atoms with Crippen LogP contribution < -0.4 is 4.68 Å². The van der Waals surface area contributed by atoms with Crippen molar-refractivity contribution in [2.45, 2.75) is 5.03 Å². The summed E-state index contributed by atoms with van der Waals surface area (Å²) < 4.78 is 1.98. The van der Waals surface area contributed by atoms with Crippen LogP contribution >= 0.6 is 11.8 Å². The second-order valence-corrected chi connectivity index (χ2v) is 8.15. The van der Waals surface area contributed by atoms with E-state index in [1.54, 1.807) is 23.9 Å². The number of nitrogens with zero attached hydrogens (tertiary/aromatic N) is 3. The van der Waals surface area contributed by atoms with E-state index in [2.05, 4.69) is 36.4 Å². The van der Waals surface area contributed by atoms with Crippen molar-refractivity contribution in [2.75, 3.05) is 5.75 Å². The summed E-state index contributed by atoms with van der Waals surface area (Å²) in [6, 6.07) is 31.5. The number of rotatable bonds is 4. The summed E-state index contributed by atoms with van der Waals surface area (Å²) >= 11 is 1.72. The zero-order valence-electron chi connectivity index (χ0n) is 16.5. The summed E-state index contributed by atoms with van der Waals surface area (Å²) in [5, 5.41) is 17.0. The first-order valence-corrected chi connectivity index (χ1v) is 10.8. The van der Waals surface area contributed by atoms with Crippen LogP contribution in [0.3, 0.4) is 0 Å². The highest BCUT2D eigenvalue weighted by atomic mass is 32.2. The Labute approximate surface area is 183 Å². The minimum absolute atomic E-state index is 0.0818. The lowest BCUT2D eigenvalue weighted by molar-refractivity contribution is -0.705. The number of nitro benzene ring substituents is 1. The van der Waals surface area contributed by atoms with Gasteiger partial charge in [-0.2, -0.15) is 0 Å². The first kappa shape index (κ1) is 19.2.